The van der Waals surface area contributed by atoms with Crippen LogP contribution < -0.4 is 10.6 Å². The number of anilines is 2. The minimum absolute atomic E-state index is 0. The highest BCUT2D eigenvalue weighted by Crippen LogP contribution is 2.29. The van der Waals surface area contributed by atoms with Crippen LogP contribution in [0, 0.1) is 0 Å². The van der Waals surface area contributed by atoms with Crippen LogP contribution in [0.2, 0.25) is 0 Å². The molecule has 0 saturated carbocycles. The average Bonchev–Trinajstić information content (AvgIpc) is 3.25. The van der Waals surface area contributed by atoms with Gasteiger partial charge in [0.25, 0.3) is 0 Å². The topological polar surface area (TPSA) is 118 Å². The molecule has 0 spiro atoms. The first-order valence-corrected chi connectivity index (χ1v) is 11.0. The molecule has 1 saturated heterocycles. The molecule has 1 aliphatic rings. The van der Waals surface area contributed by atoms with Crippen molar-refractivity contribution < 1.29 is 14.4 Å². The zero-order valence-corrected chi connectivity index (χ0v) is 16.8. The van der Waals surface area contributed by atoms with Gasteiger partial charge in [0, 0.05) is 39.2 Å². The van der Waals surface area contributed by atoms with Crippen molar-refractivity contribution in [1.82, 2.24) is 19.4 Å². The lowest BCUT2D eigenvalue weighted by molar-refractivity contribution is 0.384. The van der Waals surface area contributed by atoms with Gasteiger partial charge in [0.1, 0.15) is 11.5 Å². The molecule has 1 aliphatic heterocycles. The molecule has 0 aliphatic carbocycles. The van der Waals surface area contributed by atoms with E-state index in [1.165, 1.54) is 4.31 Å². The Kier molecular flexibility index (Phi) is 5.20. The van der Waals surface area contributed by atoms with Gasteiger partial charge in [-0.1, -0.05) is 35.5 Å². The van der Waals surface area contributed by atoms with E-state index in [1.54, 1.807) is 19.2 Å². The van der Waals surface area contributed by atoms with E-state index in [9.17, 15) is 8.42 Å². The number of nitrogens with two attached hydrogens (primary N) is 1. The predicted octanol–water partition coefficient (Wildman–Crippen LogP) is 2.10. The number of nitrogen functional groups attached to an aromatic ring is 1. The molecule has 0 radical (unpaired) electrons. The Balaban J connectivity index is 0.00000256. The lowest BCUT2D eigenvalue weighted by Gasteiger charge is -2.34. The van der Waals surface area contributed by atoms with Crippen molar-refractivity contribution in [2.75, 3.05) is 42.6 Å². The molecule has 2 N–H and O–H groups in total. The molecule has 4 rings (SSSR count). The number of nitrogens with zero attached hydrogens (tertiary/aromatic N) is 5. The lowest BCUT2D eigenvalue weighted by atomic mass is 10.1. The fraction of sp³-hybridized carbons (Fsp3) is 0.316. The summed E-state index contributed by atoms with van der Waals surface area (Å²) in [5.74, 6) is 1.41. The van der Waals surface area contributed by atoms with Crippen molar-refractivity contribution >= 4 is 21.7 Å². The molecule has 0 amide bonds. The summed E-state index contributed by atoms with van der Waals surface area (Å²) in [7, 11) is -3.18. The summed E-state index contributed by atoms with van der Waals surface area (Å²) in [6.07, 6.45) is 1.59. The Hall–Kier alpha value is -2.98. The second kappa shape index (κ2) is 7.80. The maximum Gasteiger partial charge on any atom is 0.213 e. The number of rotatable bonds is 5. The quantitative estimate of drug-likeness (QED) is 0.672. The van der Waals surface area contributed by atoms with E-state index in [2.05, 4.69) is 15.1 Å². The summed E-state index contributed by atoms with van der Waals surface area (Å²) in [5.41, 5.74) is 8.06. The third-order valence-electron chi connectivity index (χ3n) is 4.92. The van der Waals surface area contributed by atoms with Gasteiger partial charge in [-0.05, 0) is 6.92 Å². The van der Waals surface area contributed by atoms with Crippen molar-refractivity contribution in [3.8, 4) is 22.7 Å². The van der Waals surface area contributed by atoms with Crippen LogP contribution in [0.3, 0.4) is 0 Å². The fourth-order valence-electron chi connectivity index (χ4n) is 3.23. The van der Waals surface area contributed by atoms with E-state index in [4.69, 9.17) is 10.3 Å². The van der Waals surface area contributed by atoms with Gasteiger partial charge in [0.2, 0.25) is 10.0 Å². The second-order valence-electron chi connectivity index (χ2n) is 6.69. The number of aromatic nitrogens is 3. The van der Waals surface area contributed by atoms with Crippen LogP contribution in [0.1, 0.15) is 8.35 Å². The molecular formula is C19H24N6O3S. The first kappa shape index (κ1) is 19.3. The van der Waals surface area contributed by atoms with Gasteiger partial charge in [0.15, 0.2) is 17.3 Å². The van der Waals surface area contributed by atoms with Gasteiger partial charge < -0.3 is 15.2 Å². The van der Waals surface area contributed by atoms with E-state index in [0.717, 1.165) is 5.56 Å². The minimum atomic E-state index is -3.18. The molecule has 0 atom stereocenters. The van der Waals surface area contributed by atoms with Crippen molar-refractivity contribution in [2.45, 2.75) is 6.92 Å². The average molecular weight is 417 g/mol. The van der Waals surface area contributed by atoms with Crippen LogP contribution in [0.25, 0.3) is 22.7 Å². The molecule has 2 aromatic heterocycles. The number of piperazine rings is 1. The van der Waals surface area contributed by atoms with Crippen molar-refractivity contribution in [1.29, 1.82) is 0 Å². The minimum Gasteiger partial charge on any atom is -0.382 e. The number of hydrogen-bond acceptors (Lipinski definition) is 8. The predicted molar refractivity (Wildman–Crippen MR) is 113 cm³/mol. The SMILES string of the molecule is CCS(=O)(=O)N1CCN(c2cnc(N)c(-c3cc(-c4ccccc4)no3)n2)CC1.[HH]. The molecule has 0 bridgehead atoms. The van der Waals surface area contributed by atoms with E-state index < -0.39 is 10.0 Å². The summed E-state index contributed by atoms with van der Waals surface area (Å²) in [5, 5.41) is 4.11. The molecule has 1 aromatic carbocycles. The Bertz CT molecular complexity index is 1100. The van der Waals surface area contributed by atoms with Crippen LogP contribution >= 0.6 is 0 Å². The van der Waals surface area contributed by atoms with E-state index in [1.807, 2.05) is 35.2 Å². The molecule has 10 heteroatoms. The Labute approximate surface area is 170 Å². The molecule has 3 heterocycles. The Morgan fingerprint density at radius 1 is 1.17 bits per heavy atom. The van der Waals surface area contributed by atoms with Gasteiger partial charge in [-0.15, -0.1) is 0 Å². The fourth-order valence-corrected chi connectivity index (χ4v) is 4.32. The normalized spacial score (nSPS) is 15.6. The maximum atomic E-state index is 12.0. The van der Waals surface area contributed by atoms with Gasteiger partial charge in [-0.3, -0.25) is 0 Å². The second-order valence-corrected chi connectivity index (χ2v) is 8.95. The van der Waals surface area contributed by atoms with Crippen molar-refractivity contribution in [3.05, 3.63) is 42.6 Å². The number of sulfonamides is 1. The van der Waals surface area contributed by atoms with Crippen molar-refractivity contribution in [2.24, 2.45) is 0 Å². The molecule has 1 fully saturated rings. The third-order valence-corrected chi connectivity index (χ3v) is 6.80. The highest BCUT2D eigenvalue weighted by atomic mass is 32.2. The highest BCUT2D eigenvalue weighted by molar-refractivity contribution is 7.89. The van der Waals surface area contributed by atoms with Gasteiger partial charge in [0.05, 0.1) is 11.9 Å². The van der Waals surface area contributed by atoms with Crippen molar-refractivity contribution in [3.63, 3.8) is 0 Å². The first-order valence-electron chi connectivity index (χ1n) is 9.35. The number of hydrogen-bond donors (Lipinski definition) is 1. The van der Waals surface area contributed by atoms with Crippen LogP contribution in [-0.4, -0.2) is 59.8 Å². The standard InChI is InChI=1S/C19H22N6O3S.H2/c1-2-29(26,27)25-10-8-24(9-11-25)17-13-21-19(20)18(22-17)16-12-15(23-28-16)14-6-4-3-5-7-14;/h3-7,12-13H,2,8-11H2,1H3,(H2,20,21);1H. The third kappa shape index (κ3) is 3.94. The van der Waals surface area contributed by atoms with E-state index in [-0.39, 0.29) is 13.0 Å². The summed E-state index contributed by atoms with van der Waals surface area (Å²) < 4.78 is 31.1. The molecule has 3 aromatic rings. The largest absolute Gasteiger partial charge is 0.382 e. The zero-order valence-electron chi connectivity index (χ0n) is 16.0. The maximum absolute atomic E-state index is 12.0. The van der Waals surface area contributed by atoms with Crippen LogP contribution in [0.4, 0.5) is 11.6 Å². The molecule has 9 nitrogen and oxygen atoms in total. The van der Waals surface area contributed by atoms with Crippen LogP contribution in [0.5, 0.6) is 0 Å². The monoisotopic (exact) mass is 416 g/mol. The lowest BCUT2D eigenvalue weighted by Crippen LogP contribution is -2.49. The van der Waals surface area contributed by atoms with Gasteiger partial charge in [-0.2, -0.15) is 4.31 Å². The Morgan fingerprint density at radius 3 is 2.59 bits per heavy atom. The zero-order chi connectivity index (χ0) is 20.4. The molecule has 0 unspecified atom stereocenters. The summed E-state index contributed by atoms with van der Waals surface area (Å²) >= 11 is 0. The summed E-state index contributed by atoms with van der Waals surface area (Å²) in [6.45, 7) is 3.54. The summed E-state index contributed by atoms with van der Waals surface area (Å²) in [4.78, 5) is 10.9. The highest BCUT2D eigenvalue weighted by Gasteiger charge is 2.26. The number of benzene rings is 1. The summed E-state index contributed by atoms with van der Waals surface area (Å²) in [6, 6.07) is 11.5. The molecule has 154 valence electrons. The van der Waals surface area contributed by atoms with Gasteiger partial charge in [-0.25, -0.2) is 18.4 Å². The first-order chi connectivity index (χ1) is 14.0. The van der Waals surface area contributed by atoms with Crippen LogP contribution in [0.15, 0.2) is 47.1 Å². The Morgan fingerprint density at radius 2 is 1.90 bits per heavy atom. The van der Waals surface area contributed by atoms with Gasteiger partial charge >= 0.3 is 0 Å². The van der Waals surface area contributed by atoms with E-state index in [0.29, 0.717) is 49.1 Å². The van der Waals surface area contributed by atoms with E-state index >= 15 is 0 Å². The van der Waals surface area contributed by atoms with Crippen LogP contribution in [-0.2, 0) is 10.0 Å². The smallest absolute Gasteiger partial charge is 0.213 e. The molecule has 29 heavy (non-hydrogen) atoms. The molecular weight excluding hydrogens is 392 g/mol.